The zero-order valence-corrected chi connectivity index (χ0v) is 10.5. The number of hydrogen-bond donors (Lipinski definition) is 1. The molecule has 92 valence electrons. The Morgan fingerprint density at radius 1 is 1.24 bits per heavy atom. The van der Waals surface area contributed by atoms with Gasteiger partial charge in [0.2, 0.25) is 5.91 Å². The molecule has 2 N–H and O–H groups in total. The van der Waals surface area contributed by atoms with Crippen LogP contribution in [0.15, 0.2) is 30.3 Å². The lowest BCUT2D eigenvalue weighted by molar-refractivity contribution is -0.131. The summed E-state index contributed by atoms with van der Waals surface area (Å²) in [6.45, 7) is 6.04. The second-order valence-corrected chi connectivity index (χ2v) is 5.09. The molecule has 3 atom stereocenters. The van der Waals surface area contributed by atoms with E-state index in [-0.39, 0.29) is 5.91 Å². The Bertz CT molecular complexity index is 380. The number of nitrogens with two attached hydrogens (primary N) is 1. The smallest absolute Gasteiger partial charge is 0.244 e. The van der Waals surface area contributed by atoms with Gasteiger partial charge in [0.15, 0.2) is 0 Å². The van der Waals surface area contributed by atoms with Crippen LogP contribution >= 0.6 is 0 Å². The van der Waals surface area contributed by atoms with Crippen LogP contribution < -0.4 is 5.73 Å². The molecule has 1 fully saturated rings. The first-order valence-electron chi connectivity index (χ1n) is 6.19. The van der Waals surface area contributed by atoms with Crippen LogP contribution in [-0.2, 0) is 4.79 Å². The van der Waals surface area contributed by atoms with Crippen LogP contribution in [-0.4, -0.2) is 23.9 Å². The van der Waals surface area contributed by atoms with Gasteiger partial charge in [-0.3, -0.25) is 4.79 Å². The van der Waals surface area contributed by atoms with Gasteiger partial charge >= 0.3 is 0 Å². The zero-order chi connectivity index (χ0) is 12.4. The molecule has 2 rings (SSSR count). The van der Waals surface area contributed by atoms with Crippen LogP contribution in [0.5, 0.6) is 0 Å². The number of rotatable bonds is 2. The maximum absolute atomic E-state index is 12.2. The third-order valence-corrected chi connectivity index (χ3v) is 3.72. The van der Waals surface area contributed by atoms with Crippen molar-refractivity contribution in [3.63, 3.8) is 0 Å². The molecule has 0 aliphatic carbocycles. The van der Waals surface area contributed by atoms with Crippen LogP contribution in [0.2, 0.25) is 0 Å². The molecule has 2 unspecified atom stereocenters. The molecule has 1 aliphatic heterocycles. The van der Waals surface area contributed by atoms with Crippen molar-refractivity contribution in [1.29, 1.82) is 0 Å². The summed E-state index contributed by atoms with van der Waals surface area (Å²) in [5, 5.41) is 0. The van der Waals surface area contributed by atoms with Gasteiger partial charge in [0, 0.05) is 13.1 Å². The summed E-state index contributed by atoms with van der Waals surface area (Å²) in [4.78, 5) is 14.1. The molecule has 1 amide bonds. The number of benzene rings is 1. The first-order chi connectivity index (χ1) is 8.09. The first kappa shape index (κ1) is 12.1. The van der Waals surface area contributed by atoms with Crippen molar-refractivity contribution in [2.24, 2.45) is 17.6 Å². The molecule has 0 aromatic heterocycles. The summed E-state index contributed by atoms with van der Waals surface area (Å²) < 4.78 is 0. The van der Waals surface area contributed by atoms with Gasteiger partial charge in [-0.25, -0.2) is 0 Å². The van der Waals surface area contributed by atoms with Crippen molar-refractivity contribution >= 4 is 5.91 Å². The van der Waals surface area contributed by atoms with Crippen molar-refractivity contribution in [2.75, 3.05) is 13.1 Å². The van der Waals surface area contributed by atoms with Crippen LogP contribution in [0.1, 0.15) is 25.5 Å². The van der Waals surface area contributed by atoms with Crippen LogP contribution in [0, 0.1) is 11.8 Å². The Labute approximate surface area is 103 Å². The van der Waals surface area contributed by atoms with Gasteiger partial charge in [-0.2, -0.15) is 0 Å². The third-order valence-electron chi connectivity index (χ3n) is 3.72. The zero-order valence-electron chi connectivity index (χ0n) is 10.5. The second-order valence-electron chi connectivity index (χ2n) is 5.09. The van der Waals surface area contributed by atoms with E-state index in [0.29, 0.717) is 11.8 Å². The second kappa shape index (κ2) is 4.88. The highest BCUT2D eigenvalue weighted by Crippen LogP contribution is 2.24. The molecule has 0 saturated carbocycles. The minimum Gasteiger partial charge on any atom is -0.340 e. The number of likely N-dealkylation sites (tertiary alicyclic amines) is 1. The fourth-order valence-electron chi connectivity index (χ4n) is 2.31. The van der Waals surface area contributed by atoms with Crippen molar-refractivity contribution in [3.05, 3.63) is 35.9 Å². The van der Waals surface area contributed by atoms with Crippen molar-refractivity contribution in [1.82, 2.24) is 4.90 Å². The first-order valence-corrected chi connectivity index (χ1v) is 6.19. The molecule has 0 radical (unpaired) electrons. The minimum atomic E-state index is -0.520. The van der Waals surface area contributed by atoms with E-state index in [9.17, 15) is 4.79 Å². The fraction of sp³-hybridized carbons (Fsp3) is 0.500. The van der Waals surface area contributed by atoms with Crippen LogP contribution in [0.25, 0.3) is 0 Å². The molecule has 1 heterocycles. The Balaban J connectivity index is 2.06. The Kier molecular flexibility index (Phi) is 3.48. The lowest BCUT2D eigenvalue weighted by Gasteiger charge is -2.21. The van der Waals surface area contributed by atoms with E-state index in [1.807, 2.05) is 35.2 Å². The van der Waals surface area contributed by atoms with E-state index >= 15 is 0 Å². The Morgan fingerprint density at radius 3 is 2.29 bits per heavy atom. The van der Waals surface area contributed by atoms with Gasteiger partial charge < -0.3 is 10.6 Å². The SMILES string of the molecule is CC1CN(C(=O)[C@H](N)c2ccccc2)CC1C. The number of nitrogens with zero attached hydrogens (tertiary/aromatic N) is 1. The fourth-order valence-corrected chi connectivity index (χ4v) is 2.31. The highest BCUT2D eigenvalue weighted by Gasteiger charge is 2.32. The summed E-state index contributed by atoms with van der Waals surface area (Å²) in [5.41, 5.74) is 6.91. The van der Waals surface area contributed by atoms with Gasteiger partial charge in [-0.05, 0) is 17.4 Å². The van der Waals surface area contributed by atoms with Crippen molar-refractivity contribution < 1.29 is 4.79 Å². The number of amides is 1. The van der Waals surface area contributed by atoms with Gasteiger partial charge in [0.25, 0.3) is 0 Å². The summed E-state index contributed by atoms with van der Waals surface area (Å²) in [5.74, 6) is 1.19. The molecule has 1 aliphatic rings. The number of carbonyl (C=O) groups is 1. The molecular weight excluding hydrogens is 212 g/mol. The minimum absolute atomic E-state index is 0.0485. The van der Waals surface area contributed by atoms with Gasteiger partial charge in [-0.15, -0.1) is 0 Å². The lowest BCUT2D eigenvalue weighted by atomic mass is 10.0. The van der Waals surface area contributed by atoms with E-state index in [1.165, 1.54) is 0 Å². The third kappa shape index (κ3) is 2.50. The molecule has 17 heavy (non-hydrogen) atoms. The van der Waals surface area contributed by atoms with E-state index in [4.69, 9.17) is 5.73 Å². The normalized spacial score (nSPS) is 25.9. The van der Waals surface area contributed by atoms with Gasteiger partial charge in [0.1, 0.15) is 6.04 Å². The topological polar surface area (TPSA) is 46.3 Å². The van der Waals surface area contributed by atoms with E-state index < -0.39 is 6.04 Å². The average molecular weight is 232 g/mol. The molecule has 1 aromatic carbocycles. The predicted molar refractivity (Wildman–Crippen MR) is 68.3 cm³/mol. The summed E-state index contributed by atoms with van der Waals surface area (Å²) in [6, 6.07) is 9.06. The van der Waals surface area contributed by atoms with Crippen molar-refractivity contribution in [3.8, 4) is 0 Å². The molecule has 1 aromatic rings. The molecule has 0 bridgehead atoms. The summed E-state index contributed by atoms with van der Waals surface area (Å²) in [6.07, 6.45) is 0. The quantitative estimate of drug-likeness (QED) is 0.845. The highest BCUT2D eigenvalue weighted by atomic mass is 16.2. The van der Waals surface area contributed by atoms with Crippen LogP contribution in [0.4, 0.5) is 0 Å². The van der Waals surface area contributed by atoms with E-state index in [2.05, 4.69) is 13.8 Å². The molecule has 3 heteroatoms. The molecule has 0 spiro atoms. The van der Waals surface area contributed by atoms with Gasteiger partial charge in [0.05, 0.1) is 0 Å². The maximum atomic E-state index is 12.2. The Morgan fingerprint density at radius 2 is 1.76 bits per heavy atom. The summed E-state index contributed by atoms with van der Waals surface area (Å²) >= 11 is 0. The summed E-state index contributed by atoms with van der Waals surface area (Å²) in [7, 11) is 0. The van der Waals surface area contributed by atoms with Crippen LogP contribution in [0.3, 0.4) is 0 Å². The van der Waals surface area contributed by atoms with E-state index in [1.54, 1.807) is 0 Å². The van der Waals surface area contributed by atoms with Gasteiger partial charge in [-0.1, -0.05) is 44.2 Å². The number of carbonyl (C=O) groups excluding carboxylic acids is 1. The average Bonchev–Trinajstić information content (AvgIpc) is 2.69. The predicted octanol–water partition coefficient (Wildman–Crippen LogP) is 1.80. The van der Waals surface area contributed by atoms with Crippen molar-refractivity contribution in [2.45, 2.75) is 19.9 Å². The highest BCUT2D eigenvalue weighted by molar-refractivity contribution is 5.83. The number of hydrogen-bond acceptors (Lipinski definition) is 2. The standard InChI is InChI=1S/C14H20N2O/c1-10-8-16(9-11(10)2)14(17)13(15)12-6-4-3-5-7-12/h3-7,10-11,13H,8-9,15H2,1-2H3/t10?,11?,13-/m1/s1. The molecule has 1 saturated heterocycles. The largest absolute Gasteiger partial charge is 0.340 e. The molecular formula is C14H20N2O. The monoisotopic (exact) mass is 232 g/mol. The van der Waals surface area contributed by atoms with E-state index in [0.717, 1.165) is 18.7 Å². The Hall–Kier alpha value is -1.35. The lowest BCUT2D eigenvalue weighted by Crippen LogP contribution is -2.37. The molecule has 3 nitrogen and oxygen atoms in total. The maximum Gasteiger partial charge on any atom is 0.244 e.